The predicted molar refractivity (Wildman–Crippen MR) is 87.2 cm³/mol. The van der Waals surface area contributed by atoms with E-state index in [2.05, 4.69) is 11.8 Å². The molecule has 0 bridgehead atoms. The van der Waals surface area contributed by atoms with E-state index in [0.717, 1.165) is 49.0 Å². The highest BCUT2D eigenvalue weighted by Crippen LogP contribution is 2.25. The first kappa shape index (κ1) is 16.6. The van der Waals surface area contributed by atoms with E-state index < -0.39 is 0 Å². The fourth-order valence-electron chi connectivity index (χ4n) is 2.90. The minimum absolute atomic E-state index is 0.371. The molecule has 1 aliphatic rings. The second-order valence-corrected chi connectivity index (χ2v) is 6.12. The number of methoxy groups -OCH3 is 1. The molecule has 21 heavy (non-hydrogen) atoms. The second kappa shape index (κ2) is 8.62. The molecule has 0 N–H and O–H groups in total. The number of halogens is 1. The van der Waals surface area contributed by atoms with Crippen molar-refractivity contribution in [2.45, 2.75) is 45.3 Å². The first-order valence-electron chi connectivity index (χ1n) is 7.89. The fraction of sp³-hybridized carbons (Fsp3) is 0.647. The Kier molecular flexibility index (Phi) is 6.81. The SMILES string of the molecule is CCCN(Cc1cc(Cl)ccc1OC)CC1CCCCO1. The van der Waals surface area contributed by atoms with Crippen LogP contribution >= 0.6 is 11.6 Å². The van der Waals surface area contributed by atoms with Gasteiger partial charge < -0.3 is 9.47 Å². The Bertz CT molecular complexity index is 433. The molecule has 0 radical (unpaired) electrons. The zero-order valence-electron chi connectivity index (χ0n) is 13.1. The van der Waals surface area contributed by atoms with Gasteiger partial charge in [0.25, 0.3) is 0 Å². The van der Waals surface area contributed by atoms with Crippen molar-refractivity contribution in [2.24, 2.45) is 0 Å². The van der Waals surface area contributed by atoms with Crippen molar-refractivity contribution >= 4 is 11.6 Å². The summed E-state index contributed by atoms with van der Waals surface area (Å²) in [5.41, 5.74) is 1.15. The molecule has 3 nitrogen and oxygen atoms in total. The lowest BCUT2D eigenvalue weighted by molar-refractivity contribution is -0.00723. The molecule has 1 fully saturated rings. The summed E-state index contributed by atoms with van der Waals surface area (Å²) < 4.78 is 11.3. The summed E-state index contributed by atoms with van der Waals surface area (Å²) in [6.07, 6.45) is 5.16. The summed E-state index contributed by atoms with van der Waals surface area (Å²) in [6.45, 7) is 6.03. The number of nitrogens with zero attached hydrogens (tertiary/aromatic N) is 1. The second-order valence-electron chi connectivity index (χ2n) is 5.68. The van der Waals surface area contributed by atoms with Crippen LogP contribution in [0.25, 0.3) is 0 Å². The molecule has 2 rings (SSSR count). The fourth-order valence-corrected chi connectivity index (χ4v) is 3.10. The van der Waals surface area contributed by atoms with Crippen molar-refractivity contribution in [1.29, 1.82) is 0 Å². The van der Waals surface area contributed by atoms with E-state index in [0.29, 0.717) is 6.10 Å². The molecule has 0 aliphatic carbocycles. The molecule has 1 aliphatic heterocycles. The van der Waals surface area contributed by atoms with Crippen LogP contribution < -0.4 is 4.74 Å². The topological polar surface area (TPSA) is 21.7 Å². The van der Waals surface area contributed by atoms with E-state index in [4.69, 9.17) is 21.1 Å². The summed E-state index contributed by atoms with van der Waals surface area (Å²) in [4.78, 5) is 2.45. The average Bonchev–Trinajstić information content (AvgIpc) is 2.49. The van der Waals surface area contributed by atoms with E-state index in [1.54, 1.807) is 7.11 Å². The maximum atomic E-state index is 6.13. The van der Waals surface area contributed by atoms with Crippen molar-refractivity contribution in [2.75, 3.05) is 26.8 Å². The molecular weight excluding hydrogens is 286 g/mol. The first-order valence-corrected chi connectivity index (χ1v) is 8.27. The van der Waals surface area contributed by atoms with Gasteiger partial charge in [0.2, 0.25) is 0 Å². The summed E-state index contributed by atoms with van der Waals surface area (Å²) in [7, 11) is 1.71. The highest BCUT2D eigenvalue weighted by molar-refractivity contribution is 6.30. The van der Waals surface area contributed by atoms with Crippen LogP contribution in [0.4, 0.5) is 0 Å². The highest BCUT2D eigenvalue weighted by Gasteiger charge is 2.18. The van der Waals surface area contributed by atoms with Gasteiger partial charge in [-0.25, -0.2) is 0 Å². The molecule has 0 amide bonds. The zero-order chi connectivity index (χ0) is 15.1. The monoisotopic (exact) mass is 311 g/mol. The molecule has 1 aromatic carbocycles. The molecule has 0 saturated carbocycles. The standard InChI is InChI=1S/C17H26ClNO2/c1-3-9-19(13-16-6-4-5-10-21-16)12-14-11-15(18)7-8-17(14)20-2/h7-8,11,16H,3-6,9-10,12-13H2,1-2H3. The summed E-state index contributed by atoms with van der Waals surface area (Å²) in [6, 6.07) is 5.82. The highest BCUT2D eigenvalue weighted by atomic mass is 35.5. The Morgan fingerprint density at radius 3 is 2.90 bits per heavy atom. The molecule has 1 heterocycles. The molecule has 1 atom stereocenters. The van der Waals surface area contributed by atoms with Crippen molar-refractivity contribution in [3.63, 3.8) is 0 Å². The van der Waals surface area contributed by atoms with Crippen LogP contribution in [0.2, 0.25) is 5.02 Å². The number of hydrogen-bond donors (Lipinski definition) is 0. The number of ether oxygens (including phenoxy) is 2. The number of benzene rings is 1. The van der Waals surface area contributed by atoms with Gasteiger partial charge in [-0.1, -0.05) is 18.5 Å². The Morgan fingerprint density at radius 2 is 2.24 bits per heavy atom. The van der Waals surface area contributed by atoms with Crippen LogP contribution in [0.5, 0.6) is 5.75 Å². The van der Waals surface area contributed by atoms with E-state index in [1.165, 1.54) is 19.3 Å². The third-order valence-electron chi connectivity index (χ3n) is 3.91. The minimum Gasteiger partial charge on any atom is -0.496 e. The van der Waals surface area contributed by atoms with Gasteiger partial charge in [-0.15, -0.1) is 0 Å². The third-order valence-corrected chi connectivity index (χ3v) is 4.15. The Labute approximate surface area is 133 Å². The van der Waals surface area contributed by atoms with Crippen LogP contribution in [0.15, 0.2) is 18.2 Å². The maximum Gasteiger partial charge on any atom is 0.123 e. The van der Waals surface area contributed by atoms with E-state index in [1.807, 2.05) is 18.2 Å². The predicted octanol–water partition coefficient (Wildman–Crippen LogP) is 4.13. The summed E-state index contributed by atoms with van der Waals surface area (Å²) >= 11 is 6.13. The van der Waals surface area contributed by atoms with Crippen molar-refractivity contribution in [3.8, 4) is 5.75 Å². The van der Waals surface area contributed by atoms with Gasteiger partial charge in [0, 0.05) is 30.3 Å². The lowest BCUT2D eigenvalue weighted by Crippen LogP contribution is -2.36. The van der Waals surface area contributed by atoms with Crippen molar-refractivity contribution < 1.29 is 9.47 Å². The van der Waals surface area contributed by atoms with Gasteiger partial charge >= 0.3 is 0 Å². The van der Waals surface area contributed by atoms with Gasteiger partial charge in [-0.3, -0.25) is 4.90 Å². The Morgan fingerprint density at radius 1 is 1.38 bits per heavy atom. The Hall–Kier alpha value is -0.770. The summed E-state index contributed by atoms with van der Waals surface area (Å²) in [5.74, 6) is 0.907. The molecule has 0 aromatic heterocycles. The molecule has 0 spiro atoms. The van der Waals surface area contributed by atoms with Crippen LogP contribution in [0.1, 0.15) is 38.2 Å². The maximum absolute atomic E-state index is 6.13. The normalized spacial score (nSPS) is 19.0. The molecule has 1 unspecified atom stereocenters. The van der Waals surface area contributed by atoms with E-state index >= 15 is 0 Å². The van der Waals surface area contributed by atoms with Crippen LogP contribution in [0, 0.1) is 0 Å². The smallest absolute Gasteiger partial charge is 0.123 e. The molecule has 1 aromatic rings. The van der Waals surface area contributed by atoms with Gasteiger partial charge in [0.15, 0.2) is 0 Å². The lowest BCUT2D eigenvalue weighted by Gasteiger charge is -2.30. The lowest BCUT2D eigenvalue weighted by atomic mass is 10.1. The minimum atomic E-state index is 0.371. The van der Waals surface area contributed by atoms with Crippen molar-refractivity contribution in [1.82, 2.24) is 4.90 Å². The number of rotatable bonds is 7. The van der Waals surface area contributed by atoms with Crippen LogP contribution in [-0.4, -0.2) is 37.8 Å². The van der Waals surface area contributed by atoms with Crippen LogP contribution in [0.3, 0.4) is 0 Å². The average molecular weight is 312 g/mol. The quantitative estimate of drug-likeness (QED) is 0.755. The van der Waals surface area contributed by atoms with E-state index in [9.17, 15) is 0 Å². The van der Waals surface area contributed by atoms with Gasteiger partial charge in [-0.2, -0.15) is 0 Å². The van der Waals surface area contributed by atoms with Crippen LogP contribution in [-0.2, 0) is 11.3 Å². The van der Waals surface area contributed by atoms with Crippen molar-refractivity contribution in [3.05, 3.63) is 28.8 Å². The van der Waals surface area contributed by atoms with Gasteiger partial charge in [-0.05, 0) is 50.4 Å². The Balaban J connectivity index is 2.02. The molecule has 4 heteroatoms. The first-order chi connectivity index (χ1) is 10.2. The number of hydrogen-bond acceptors (Lipinski definition) is 3. The molecule has 1 saturated heterocycles. The largest absolute Gasteiger partial charge is 0.496 e. The molecular formula is C17H26ClNO2. The van der Waals surface area contributed by atoms with E-state index in [-0.39, 0.29) is 0 Å². The third kappa shape index (κ3) is 5.17. The summed E-state index contributed by atoms with van der Waals surface area (Å²) in [5, 5.41) is 0.760. The zero-order valence-corrected chi connectivity index (χ0v) is 13.9. The van der Waals surface area contributed by atoms with Gasteiger partial charge in [0.1, 0.15) is 5.75 Å². The molecule has 118 valence electrons. The van der Waals surface area contributed by atoms with Gasteiger partial charge in [0.05, 0.1) is 13.2 Å².